The highest BCUT2D eigenvalue weighted by Gasteiger charge is 2.11. The summed E-state index contributed by atoms with van der Waals surface area (Å²) in [5.74, 6) is 0.740. The van der Waals surface area contributed by atoms with Crippen LogP contribution in [0.25, 0.3) is 6.08 Å². The number of rotatable bonds is 7. The van der Waals surface area contributed by atoms with Gasteiger partial charge in [-0.15, -0.1) is 0 Å². The first-order chi connectivity index (χ1) is 13.0. The zero-order valence-electron chi connectivity index (χ0n) is 16.1. The third-order valence-corrected chi connectivity index (χ3v) is 4.09. The van der Waals surface area contributed by atoms with Gasteiger partial charge < -0.3 is 14.8 Å². The van der Waals surface area contributed by atoms with Crippen LogP contribution in [0, 0.1) is 25.2 Å². The molecular formula is C22H24N2O3. The number of aryl methyl sites for hydroxylation is 2. The third-order valence-electron chi connectivity index (χ3n) is 4.09. The van der Waals surface area contributed by atoms with Crippen molar-refractivity contribution in [3.8, 4) is 17.6 Å². The molecule has 5 heteroatoms. The van der Waals surface area contributed by atoms with Crippen molar-refractivity contribution in [3.05, 3.63) is 58.7 Å². The lowest BCUT2D eigenvalue weighted by atomic mass is 10.1. The number of nitriles is 1. The van der Waals surface area contributed by atoms with Crippen LogP contribution in [-0.4, -0.2) is 19.6 Å². The normalized spacial score (nSPS) is 10.9. The minimum Gasteiger partial charge on any atom is -0.493 e. The zero-order valence-corrected chi connectivity index (χ0v) is 16.1. The van der Waals surface area contributed by atoms with Gasteiger partial charge in [-0.1, -0.05) is 19.1 Å². The Hall–Kier alpha value is -3.26. The smallest absolute Gasteiger partial charge is 0.266 e. The number of methoxy groups -OCH3 is 1. The van der Waals surface area contributed by atoms with Gasteiger partial charge >= 0.3 is 0 Å². The first-order valence-electron chi connectivity index (χ1n) is 8.79. The van der Waals surface area contributed by atoms with Crippen LogP contribution < -0.4 is 14.8 Å². The van der Waals surface area contributed by atoms with Gasteiger partial charge in [0.1, 0.15) is 11.6 Å². The Morgan fingerprint density at radius 3 is 2.56 bits per heavy atom. The van der Waals surface area contributed by atoms with E-state index in [4.69, 9.17) is 9.47 Å². The molecule has 5 nitrogen and oxygen atoms in total. The van der Waals surface area contributed by atoms with E-state index >= 15 is 0 Å². The number of amides is 1. The molecule has 0 bridgehead atoms. The Kier molecular flexibility index (Phi) is 7.01. The molecule has 2 aromatic rings. The Labute approximate surface area is 160 Å². The van der Waals surface area contributed by atoms with Crippen molar-refractivity contribution in [2.45, 2.75) is 27.2 Å². The van der Waals surface area contributed by atoms with Gasteiger partial charge in [0.05, 0.1) is 13.7 Å². The number of benzene rings is 2. The van der Waals surface area contributed by atoms with Crippen molar-refractivity contribution in [1.82, 2.24) is 0 Å². The lowest BCUT2D eigenvalue weighted by Crippen LogP contribution is -2.13. The van der Waals surface area contributed by atoms with Crippen LogP contribution in [0.1, 0.15) is 30.0 Å². The van der Waals surface area contributed by atoms with Crippen LogP contribution in [0.4, 0.5) is 5.69 Å². The molecule has 0 heterocycles. The number of hydrogen-bond donors (Lipinski definition) is 1. The van der Waals surface area contributed by atoms with E-state index in [1.54, 1.807) is 25.3 Å². The summed E-state index contributed by atoms with van der Waals surface area (Å²) in [7, 11) is 1.55. The Bertz CT molecular complexity index is 895. The molecule has 1 amide bonds. The lowest BCUT2D eigenvalue weighted by molar-refractivity contribution is -0.112. The summed E-state index contributed by atoms with van der Waals surface area (Å²) < 4.78 is 11.0. The van der Waals surface area contributed by atoms with Crippen molar-refractivity contribution < 1.29 is 14.3 Å². The van der Waals surface area contributed by atoms with Crippen molar-refractivity contribution in [2.75, 3.05) is 19.0 Å². The lowest BCUT2D eigenvalue weighted by Gasteiger charge is -2.11. The molecule has 0 spiro atoms. The maximum Gasteiger partial charge on any atom is 0.266 e. The van der Waals surface area contributed by atoms with Crippen molar-refractivity contribution in [1.29, 1.82) is 5.26 Å². The van der Waals surface area contributed by atoms with Crippen LogP contribution in [0.3, 0.4) is 0 Å². The summed E-state index contributed by atoms with van der Waals surface area (Å²) in [6.07, 6.45) is 2.42. The highest BCUT2D eigenvalue weighted by molar-refractivity contribution is 6.09. The summed E-state index contributed by atoms with van der Waals surface area (Å²) in [5.41, 5.74) is 3.56. The highest BCUT2D eigenvalue weighted by atomic mass is 16.5. The summed E-state index contributed by atoms with van der Waals surface area (Å²) in [5, 5.41) is 12.2. The molecule has 0 radical (unpaired) electrons. The molecule has 0 fully saturated rings. The van der Waals surface area contributed by atoms with Crippen molar-refractivity contribution in [2.24, 2.45) is 0 Å². The van der Waals surface area contributed by atoms with Gasteiger partial charge in [-0.3, -0.25) is 4.79 Å². The van der Waals surface area contributed by atoms with Crippen molar-refractivity contribution >= 4 is 17.7 Å². The standard InChI is InChI=1S/C22H24N2O3/c1-5-10-27-20-9-7-17(13-21(20)26-4)12-18(14-23)22(25)24-19-8-6-15(2)16(3)11-19/h6-9,11-13H,5,10H2,1-4H3,(H,24,25)/b18-12+. The maximum atomic E-state index is 12.4. The maximum absolute atomic E-state index is 12.4. The molecule has 0 aromatic heterocycles. The summed E-state index contributed by atoms with van der Waals surface area (Å²) in [4.78, 5) is 12.4. The molecule has 27 heavy (non-hydrogen) atoms. The quantitative estimate of drug-likeness (QED) is 0.573. The second kappa shape index (κ2) is 9.44. The van der Waals surface area contributed by atoms with E-state index in [0.717, 1.165) is 17.5 Å². The molecule has 2 rings (SSSR count). The van der Waals surface area contributed by atoms with Gasteiger partial charge in [-0.25, -0.2) is 0 Å². The van der Waals surface area contributed by atoms with Crippen LogP contribution in [0.2, 0.25) is 0 Å². The summed E-state index contributed by atoms with van der Waals surface area (Å²) in [6.45, 7) is 6.59. The van der Waals surface area contributed by atoms with E-state index < -0.39 is 5.91 Å². The van der Waals surface area contributed by atoms with E-state index in [1.807, 2.05) is 45.0 Å². The van der Waals surface area contributed by atoms with E-state index in [9.17, 15) is 10.1 Å². The summed E-state index contributed by atoms with van der Waals surface area (Å²) >= 11 is 0. The average Bonchev–Trinajstić information content (AvgIpc) is 2.67. The van der Waals surface area contributed by atoms with E-state index in [-0.39, 0.29) is 5.57 Å². The molecule has 140 valence electrons. The second-order valence-corrected chi connectivity index (χ2v) is 6.18. The van der Waals surface area contributed by atoms with E-state index in [2.05, 4.69) is 5.32 Å². The number of nitrogens with one attached hydrogen (secondary N) is 1. The number of nitrogens with zero attached hydrogens (tertiary/aromatic N) is 1. The molecule has 0 unspecified atom stereocenters. The van der Waals surface area contributed by atoms with Gasteiger partial charge in [0.15, 0.2) is 11.5 Å². The monoisotopic (exact) mass is 364 g/mol. The average molecular weight is 364 g/mol. The zero-order chi connectivity index (χ0) is 19.8. The largest absolute Gasteiger partial charge is 0.493 e. The van der Waals surface area contributed by atoms with Crippen LogP contribution in [0.5, 0.6) is 11.5 Å². The van der Waals surface area contributed by atoms with Crippen LogP contribution in [-0.2, 0) is 4.79 Å². The molecule has 1 N–H and O–H groups in total. The molecule has 0 atom stereocenters. The molecule has 0 aliphatic rings. The predicted molar refractivity (Wildman–Crippen MR) is 107 cm³/mol. The fourth-order valence-corrected chi connectivity index (χ4v) is 2.44. The van der Waals surface area contributed by atoms with Gasteiger partial charge in [-0.05, 0) is 67.3 Å². The van der Waals surface area contributed by atoms with E-state index in [1.165, 1.54) is 6.08 Å². The number of carbonyl (C=O) groups is 1. The highest BCUT2D eigenvalue weighted by Crippen LogP contribution is 2.29. The fourth-order valence-electron chi connectivity index (χ4n) is 2.44. The Morgan fingerprint density at radius 1 is 1.15 bits per heavy atom. The van der Waals surface area contributed by atoms with Gasteiger partial charge in [-0.2, -0.15) is 5.26 Å². The first kappa shape index (κ1) is 20.1. The van der Waals surface area contributed by atoms with Crippen LogP contribution in [0.15, 0.2) is 42.0 Å². The SMILES string of the molecule is CCCOc1ccc(/C=C(\C#N)C(=O)Nc2ccc(C)c(C)c2)cc1OC. The van der Waals surface area contributed by atoms with Gasteiger partial charge in [0.25, 0.3) is 5.91 Å². The molecule has 0 saturated heterocycles. The third kappa shape index (κ3) is 5.35. The fraction of sp³-hybridized carbons (Fsp3) is 0.273. The molecule has 0 saturated carbocycles. The Morgan fingerprint density at radius 2 is 1.93 bits per heavy atom. The minimum atomic E-state index is -0.453. The predicted octanol–water partition coefficient (Wildman–Crippen LogP) is 4.65. The number of ether oxygens (including phenoxy) is 2. The van der Waals surface area contributed by atoms with Gasteiger partial charge in [0, 0.05) is 5.69 Å². The van der Waals surface area contributed by atoms with E-state index in [0.29, 0.717) is 29.4 Å². The minimum absolute atomic E-state index is 0.0116. The summed E-state index contributed by atoms with van der Waals surface area (Å²) in [6, 6.07) is 12.9. The number of carbonyl (C=O) groups excluding carboxylic acids is 1. The van der Waals surface area contributed by atoms with Gasteiger partial charge in [0.2, 0.25) is 0 Å². The van der Waals surface area contributed by atoms with Crippen molar-refractivity contribution in [3.63, 3.8) is 0 Å². The Balaban J connectivity index is 2.22. The molecule has 0 aliphatic carbocycles. The van der Waals surface area contributed by atoms with Crippen LogP contribution >= 0.6 is 0 Å². The molecular weight excluding hydrogens is 340 g/mol. The molecule has 2 aromatic carbocycles. The first-order valence-corrected chi connectivity index (χ1v) is 8.79. The second-order valence-electron chi connectivity index (χ2n) is 6.18. The topological polar surface area (TPSA) is 71.3 Å². The molecule has 0 aliphatic heterocycles. The number of anilines is 1. The number of hydrogen-bond acceptors (Lipinski definition) is 4.